The second-order valence-electron chi connectivity index (χ2n) is 12.5. The molecule has 0 aromatic heterocycles. The van der Waals surface area contributed by atoms with Crippen LogP contribution in [-0.2, 0) is 24.8 Å². The molecule has 0 radical (unpaired) electrons. The number of anilines is 1. The molecule has 2 N–H and O–H groups in total. The molecule has 3 aromatic carbocycles. The number of methoxy groups -OCH3 is 1. The summed E-state index contributed by atoms with van der Waals surface area (Å²) in [5.74, 6) is -0.110. The van der Waals surface area contributed by atoms with Gasteiger partial charge in [0.15, 0.2) is 0 Å². The molecule has 4 atom stereocenters. The number of hydrogen-bond donors (Lipinski definition) is 2. The van der Waals surface area contributed by atoms with Crippen LogP contribution in [0, 0.1) is 5.92 Å². The minimum Gasteiger partial charge on any atom is -0.497 e. The van der Waals surface area contributed by atoms with Crippen LogP contribution in [0.5, 0.6) is 11.5 Å². The van der Waals surface area contributed by atoms with Gasteiger partial charge in [-0.15, -0.1) is 0 Å². The van der Waals surface area contributed by atoms with Gasteiger partial charge in [-0.1, -0.05) is 18.5 Å². The first-order valence-electron chi connectivity index (χ1n) is 16.4. The van der Waals surface area contributed by atoms with Crippen LogP contribution in [0.25, 0.3) is 0 Å². The third-order valence-electron chi connectivity index (χ3n) is 8.63. The number of ether oxygens (including phenoxy) is 3. The maximum absolute atomic E-state index is 14.4. The number of rotatable bonds is 10. The summed E-state index contributed by atoms with van der Waals surface area (Å²) < 4.78 is 74.9. The summed E-state index contributed by atoms with van der Waals surface area (Å²) in [6.07, 6.45) is 1.18. The van der Waals surface area contributed by atoms with Gasteiger partial charge in [0.2, 0.25) is 10.0 Å². The molecular weight excluding hydrogens is 706 g/mol. The smallest absolute Gasteiger partial charge is 0.261 e. The van der Waals surface area contributed by atoms with Gasteiger partial charge in [0.1, 0.15) is 11.5 Å². The predicted molar refractivity (Wildman–Crippen MR) is 192 cm³/mol. The van der Waals surface area contributed by atoms with Crippen LogP contribution >= 0.6 is 11.6 Å². The first kappa shape index (κ1) is 39.4. The molecule has 1 heterocycles. The van der Waals surface area contributed by atoms with Crippen molar-refractivity contribution in [3.05, 3.63) is 77.3 Å². The van der Waals surface area contributed by atoms with Crippen LogP contribution in [0.4, 0.5) is 5.69 Å². The standard InChI is InChI=1S/C35H46ClN3O9S2/c1-24-21-39(25(2)23-40)35(41)32-20-28(37-49(42,43)30-16-12-29(46-5)13-17-30)11-18-33(32)48-26(3)8-6-7-19-47-34(24)22-38(4)50(44,45)31-14-9-27(36)10-15-31/h9-18,20,24-26,34,37,40H,6-8,19,21-23H2,1-5H3/t24-,25+,26+,34-/m1/s1. The van der Waals surface area contributed by atoms with Gasteiger partial charge >= 0.3 is 0 Å². The molecule has 274 valence electrons. The highest BCUT2D eigenvalue weighted by atomic mass is 35.5. The highest BCUT2D eigenvalue weighted by molar-refractivity contribution is 7.92. The fraction of sp³-hybridized carbons (Fsp3) is 0.457. The van der Waals surface area contributed by atoms with Gasteiger partial charge in [0, 0.05) is 43.4 Å². The molecule has 50 heavy (non-hydrogen) atoms. The van der Waals surface area contributed by atoms with Crippen molar-refractivity contribution < 1.29 is 40.9 Å². The largest absolute Gasteiger partial charge is 0.497 e. The summed E-state index contributed by atoms with van der Waals surface area (Å²) in [7, 11) is -4.94. The van der Waals surface area contributed by atoms with Gasteiger partial charge in [0.25, 0.3) is 15.9 Å². The summed E-state index contributed by atoms with van der Waals surface area (Å²) in [6, 6.07) is 15.7. The number of aliphatic hydroxyl groups excluding tert-OH is 1. The molecule has 0 aliphatic carbocycles. The van der Waals surface area contributed by atoms with E-state index in [2.05, 4.69) is 4.72 Å². The normalized spacial score (nSPS) is 20.4. The number of aliphatic hydroxyl groups is 1. The molecule has 1 aliphatic rings. The fourth-order valence-electron chi connectivity index (χ4n) is 5.56. The summed E-state index contributed by atoms with van der Waals surface area (Å²) in [6.45, 7) is 5.56. The fourth-order valence-corrected chi connectivity index (χ4v) is 7.91. The molecule has 0 saturated carbocycles. The Labute approximate surface area is 300 Å². The Balaban J connectivity index is 1.67. The van der Waals surface area contributed by atoms with Crippen LogP contribution in [-0.4, -0.2) is 95.8 Å². The maximum atomic E-state index is 14.4. The molecule has 0 saturated heterocycles. The lowest BCUT2D eigenvalue weighted by molar-refractivity contribution is -0.00833. The number of carbonyl (C=O) groups is 1. The van der Waals surface area contributed by atoms with E-state index < -0.39 is 38.1 Å². The number of fused-ring (bicyclic) bond motifs is 1. The minimum absolute atomic E-state index is 0.00743. The highest BCUT2D eigenvalue weighted by Crippen LogP contribution is 2.30. The second-order valence-corrected chi connectivity index (χ2v) is 16.7. The second kappa shape index (κ2) is 17.2. The van der Waals surface area contributed by atoms with Crippen molar-refractivity contribution in [2.75, 3.05) is 45.2 Å². The van der Waals surface area contributed by atoms with Crippen molar-refractivity contribution in [2.45, 2.75) is 68.1 Å². The zero-order valence-corrected chi connectivity index (χ0v) is 31.3. The van der Waals surface area contributed by atoms with E-state index >= 15 is 0 Å². The number of hydrogen-bond acceptors (Lipinski definition) is 9. The lowest BCUT2D eigenvalue weighted by Crippen LogP contribution is -2.48. The molecule has 0 bridgehead atoms. The van der Waals surface area contributed by atoms with E-state index in [-0.39, 0.29) is 58.5 Å². The van der Waals surface area contributed by atoms with Crippen LogP contribution < -0.4 is 14.2 Å². The molecule has 1 aliphatic heterocycles. The summed E-state index contributed by atoms with van der Waals surface area (Å²) >= 11 is 5.98. The van der Waals surface area contributed by atoms with E-state index in [1.807, 2.05) is 13.8 Å². The molecule has 4 rings (SSSR count). The third kappa shape index (κ3) is 9.89. The monoisotopic (exact) mass is 751 g/mol. The summed E-state index contributed by atoms with van der Waals surface area (Å²) in [4.78, 5) is 16.0. The summed E-state index contributed by atoms with van der Waals surface area (Å²) in [5, 5.41) is 10.6. The van der Waals surface area contributed by atoms with E-state index in [4.69, 9.17) is 25.8 Å². The van der Waals surface area contributed by atoms with Gasteiger partial charge in [-0.3, -0.25) is 9.52 Å². The number of likely N-dealkylation sites (N-methyl/N-ethyl adjacent to an activating group) is 1. The Kier molecular flexibility index (Phi) is 13.6. The van der Waals surface area contributed by atoms with Crippen molar-refractivity contribution in [2.24, 2.45) is 5.92 Å². The van der Waals surface area contributed by atoms with Crippen LogP contribution in [0.2, 0.25) is 5.02 Å². The zero-order chi connectivity index (χ0) is 36.6. The van der Waals surface area contributed by atoms with Gasteiger partial charge < -0.3 is 24.2 Å². The number of nitrogens with one attached hydrogen (secondary N) is 1. The number of halogens is 1. The Morgan fingerprint density at radius 1 is 1.02 bits per heavy atom. The van der Waals surface area contributed by atoms with Crippen LogP contribution in [0.15, 0.2) is 76.5 Å². The van der Waals surface area contributed by atoms with Crippen molar-refractivity contribution in [1.29, 1.82) is 0 Å². The van der Waals surface area contributed by atoms with Gasteiger partial charge in [0.05, 0.1) is 47.3 Å². The van der Waals surface area contributed by atoms with Gasteiger partial charge in [-0.2, -0.15) is 4.31 Å². The molecule has 12 nitrogen and oxygen atoms in total. The first-order valence-corrected chi connectivity index (χ1v) is 19.7. The number of amides is 1. The van der Waals surface area contributed by atoms with E-state index in [1.165, 1.54) is 84.0 Å². The molecular formula is C35H46ClN3O9S2. The SMILES string of the molecule is COc1ccc(S(=O)(=O)Nc2ccc3c(c2)C(=O)N([C@@H](C)CO)C[C@@H](C)[C@@H](CN(C)S(=O)(=O)c2ccc(Cl)cc2)OCCCC[C@H](C)O3)cc1. The molecule has 0 unspecified atom stereocenters. The number of carbonyl (C=O) groups excluding carboxylic acids is 1. The zero-order valence-electron chi connectivity index (χ0n) is 28.9. The van der Waals surface area contributed by atoms with E-state index in [0.717, 1.165) is 6.42 Å². The van der Waals surface area contributed by atoms with Gasteiger partial charge in [-0.25, -0.2) is 16.8 Å². The Hall–Kier alpha value is -3.40. The minimum atomic E-state index is -4.03. The highest BCUT2D eigenvalue weighted by Gasteiger charge is 2.32. The topological polar surface area (TPSA) is 152 Å². The maximum Gasteiger partial charge on any atom is 0.261 e. The first-order chi connectivity index (χ1) is 23.7. The lowest BCUT2D eigenvalue weighted by atomic mass is 10.0. The molecule has 1 amide bonds. The van der Waals surface area contributed by atoms with Crippen molar-refractivity contribution in [3.8, 4) is 11.5 Å². The average molecular weight is 752 g/mol. The molecule has 15 heteroatoms. The molecule has 0 fully saturated rings. The number of nitrogens with zero attached hydrogens (tertiary/aromatic N) is 2. The quantitative estimate of drug-likeness (QED) is 0.283. The summed E-state index contributed by atoms with van der Waals surface area (Å²) in [5.41, 5.74) is 0.251. The third-order valence-corrected chi connectivity index (χ3v) is 12.1. The number of benzene rings is 3. The van der Waals surface area contributed by atoms with Crippen LogP contribution in [0.1, 0.15) is 50.4 Å². The predicted octanol–water partition coefficient (Wildman–Crippen LogP) is 5.27. The number of sulfonamides is 2. The van der Waals surface area contributed by atoms with E-state index in [0.29, 0.717) is 30.2 Å². The van der Waals surface area contributed by atoms with Crippen LogP contribution in [0.3, 0.4) is 0 Å². The van der Waals surface area contributed by atoms with Crippen molar-refractivity contribution in [3.63, 3.8) is 0 Å². The Morgan fingerprint density at radius 3 is 2.32 bits per heavy atom. The van der Waals surface area contributed by atoms with Gasteiger partial charge in [-0.05, 0) is 99.8 Å². The van der Waals surface area contributed by atoms with Crippen molar-refractivity contribution >= 4 is 43.2 Å². The lowest BCUT2D eigenvalue weighted by Gasteiger charge is -2.35. The molecule has 0 spiro atoms. The van der Waals surface area contributed by atoms with E-state index in [9.17, 15) is 26.7 Å². The average Bonchev–Trinajstić information content (AvgIpc) is 3.09. The van der Waals surface area contributed by atoms with E-state index in [1.54, 1.807) is 13.0 Å². The van der Waals surface area contributed by atoms with Crippen molar-refractivity contribution in [1.82, 2.24) is 9.21 Å². The Bertz CT molecular complexity index is 1810. The Morgan fingerprint density at radius 2 is 1.68 bits per heavy atom. The molecule has 3 aromatic rings.